The Morgan fingerprint density at radius 1 is 1.15 bits per heavy atom. The predicted molar refractivity (Wildman–Crippen MR) is 96.5 cm³/mol. The Labute approximate surface area is 153 Å². The number of ether oxygens (including phenoxy) is 1. The molecule has 1 heterocycles. The van der Waals surface area contributed by atoms with Crippen LogP contribution in [0.2, 0.25) is 0 Å². The van der Waals surface area contributed by atoms with Crippen LogP contribution < -0.4 is 0 Å². The number of nitro benzene ring substituents is 1. The van der Waals surface area contributed by atoms with Crippen molar-refractivity contribution in [2.75, 3.05) is 6.61 Å². The largest absolute Gasteiger partial charge is 0.461 e. The second kappa shape index (κ2) is 7.61. The van der Waals surface area contributed by atoms with Crippen molar-refractivity contribution < 1.29 is 19.2 Å². The van der Waals surface area contributed by atoms with Gasteiger partial charge in [-0.05, 0) is 12.5 Å². The number of hydrogen-bond acceptors (Lipinski definition) is 6. The van der Waals surface area contributed by atoms with E-state index in [4.69, 9.17) is 4.74 Å². The number of nitrogens with one attached hydrogen (secondary N) is 1. The Bertz CT molecular complexity index is 1010. The van der Waals surface area contributed by atoms with E-state index in [0.29, 0.717) is 11.1 Å². The summed E-state index contributed by atoms with van der Waals surface area (Å²) in [4.78, 5) is 35.7. The van der Waals surface area contributed by atoms with Gasteiger partial charge >= 0.3 is 5.97 Å². The summed E-state index contributed by atoms with van der Waals surface area (Å²) in [5.41, 5.74) is 0.667. The van der Waals surface area contributed by atoms with Gasteiger partial charge in [0.25, 0.3) is 5.69 Å². The zero-order chi connectivity index (χ0) is 19.4. The summed E-state index contributed by atoms with van der Waals surface area (Å²) in [6, 6.07) is 14.1. The predicted octanol–water partition coefficient (Wildman–Crippen LogP) is 3.39. The molecular weight excluding hydrogens is 350 g/mol. The van der Waals surface area contributed by atoms with Crippen molar-refractivity contribution in [2.45, 2.75) is 6.92 Å². The SMILES string of the molecule is CCOC(=O)c1[nH]nc(C(=O)c2ccccc2)c1-c1cccc([N+](=O)[O-])c1. The van der Waals surface area contributed by atoms with E-state index < -0.39 is 16.7 Å². The Kier molecular flexibility index (Phi) is 5.07. The van der Waals surface area contributed by atoms with Gasteiger partial charge in [0.1, 0.15) is 5.69 Å². The fourth-order valence-corrected chi connectivity index (χ4v) is 2.64. The van der Waals surface area contributed by atoms with Crippen LogP contribution in [-0.4, -0.2) is 33.5 Å². The molecule has 0 saturated heterocycles. The number of H-pyrrole nitrogens is 1. The number of carbonyl (C=O) groups excluding carboxylic acids is 2. The average molecular weight is 365 g/mol. The summed E-state index contributed by atoms with van der Waals surface area (Å²) in [7, 11) is 0. The number of benzene rings is 2. The molecule has 0 aliphatic carbocycles. The Balaban J connectivity index is 2.18. The van der Waals surface area contributed by atoms with E-state index in [0.717, 1.165) is 0 Å². The van der Waals surface area contributed by atoms with E-state index in [1.54, 1.807) is 43.3 Å². The number of hydrogen-bond donors (Lipinski definition) is 1. The first kappa shape index (κ1) is 18.0. The highest BCUT2D eigenvalue weighted by atomic mass is 16.6. The molecule has 136 valence electrons. The molecule has 0 aliphatic heterocycles. The third-order valence-corrected chi connectivity index (χ3v) is 3.84. The van der Waals surface area contributed by atoms with Crippen LogP contribution in [0.4, 0.5) is 5.69 Å². The lowest BCUT2D eigenvalue weighted by Gasteiger charge is -2.06. The zero-order valence-electron chi connectivity index (χ0n) is 14.3. The van der Waals surface area contributed by atoms with Gasteiger partial charge in [-0.15, -0.1) is 0 Å². The molecule has 3 aromatic rings. The summed E-state index contributed by atoms with van der Waals surface area (Å²) in [5.74, 6) is -1.11. The van der Waals surface area contributed by atoms with Crippen LogP contribution in [0.5, 0.6) is 0 Å². The molecule has 0 unspecified atom stereocenters. The molecule has 0 bridgehead atoms. The number of aromatic amines is 1. The highest BCUT2D eigenvalue weighted by Crippen LogP contribution is 2.30. The van der Waals surface area contributed by atoms with Crippen molar-refractivity contribution in [2.24, 2.45) is 0 Å². The van der Waals surface area contributed by atoms with Gasteiger partial charge in [0.05, 0.1) is 11.5 Å². The summed E-state index contributed by atoms with van der Waals surface area (Å²) in [6.07, 6.45) is 0. The number of nitrogens with zero attached hydrogens (tertiary/aromatic N) is 2. The monoisotopic (exact) mass is 365 g/mol. The second-order valence-corrected chi connectivity index (χ2v) is 5.55. The Morgan fingerprint density at radius 2 is 1.89 bits per heavy atom. The second-order valence-electron chi connectivity index (χ2n) is 5.55. The molecule has 0 radical (unpaired) electrons. The van der Waals surface area contributed by atoms with Crippen molar-refractivity contribution in [1.82, 2.24) is 10.2 Å². The Hall–Kier alpha value is -3.81. The molecule has 27 heavy (non-hydrogen) atoms. The van der Waals surface area contributed by atoms with Gasteiger partial charge < -0.3 is 4.74 Å². The number of carbonyl (C=O) groups is 2. The minimum Gasteiger partial charge on any atom is -0.461 e. The molecule has 0 spiro atoms. The van der Waals surface area contributed by atoms with Crippen molar-refractivity contribution in [3.63, 3.8) is 0 Å². The maximum Gasteiger partial charge on any atom is 0.357 e. The molecule has 8 heteroatoms. The van der Waals surface area contributed by atoms with Crippen LogP contribution in [0.15, 0.2) is 54.6 Å². The lowest BCUT2D eigenvalue weighted by molar-refractivity contribution is -0.384. The molecule has 1 aromatic heterocycles. The van der Waals surface area contributed by atoms with Crippen molar-refractivity contribution in [3.8, 4) is 11.1 Å². The quantitative estimate of drug-likeness (QED) is 0.310. The van der Waals surface area contributed by atoms with Crippen LogP contribution in [0, 0.1) is 10.1 Å². The van der Waals surface area contributed by atoms with E-state index in [9.17, 15) is 19.7 Å². The summed E-state index contributed by atoms with van der Waals surface area (Å²) < 4.78 is 5.01. The van der Waals surface area contributed by atoms with Crippen molar-refractivity contribution in [3.05, 3.63) is 81.7 Å². The van der Waals surface area contributed by atoms with Crippen LogP contribution >= 0.6 is 0 Å². The van der Waals surface area contributed by atoms with Gasteiger partial charge in [0.15, 0.2) is 5.69 Å². The molecule has 0 atom stereocenters. The van der Waals surface area contributed by atoms with Crippen molar-refractivity contribution in [1.29, 1.82) is 0 Å². The molecular formula is C19H15N3O5. The molecule has 0 fully saturated rings. The van der Waals surface area contributed by atoms with Gasteiger partial charge in [-0.25, -0.2) is 4.79 Å². The van der Waals surface area contributed by atoms with E-state index in [1.165, 1.54) is 18.2 Å². The van der Waals surface area contributed by atoms with Crippen LogP contribution in [0.1, 0.15) is 33.5 Å². The number of rotatable bonds is 6. The maximum absolute atomic E-state index is 12.9. The Morgan fingerprint density at radius 3 is 2.56 bits per heavy atom. The molecule has 1 N–H and O–H groups in total. The van der Waals surface area contributed by atoms with Gasteiger partial charge in [-0.1, -0.05) is 42.5 Å². The van der Waals surface area contributed by atoms with E-state index >= 15 is 0 Å². The summed E-state index contributed by atoms with van der Waals surface area (Å²) >= 11 is 0. The normalized spacial score (nSPS) is 10.4. The van der Waals surface area contributed by atoms with Gasteiger partial charge in [0, 0.05) is 23.3 Å². The van der Waals surface area contributed by atoms with E-state index in [-0.39, 0.29) is 29.2 Å². The third-order valence-electron chi connectivity index (χ3n) is 3.84. The first-order valence-corrected chi connectivity index (χ1v) is 8.13. The first-order valence-electron chi connectivity index (χ1n) is 8.13. The van der Waals surface area contributed by atoms with E-state index in [2.05, 4.69) is 10.2 Å². The molecule has 0 aliphatic rings. The van der Waals surface area contributed by atoms with Crippen LogP contribution in [0.3, 0.4) is 0 Å². The third kappa shape index (κ3) is 3.59. The number of aromatic nitrogens is 2. The molecule has 0 amide bonds. The maximum atomic E-state index is 12.9. The fraction of sp³-hybridized carbons (Fsp3) is 0.105. The lowest BCUT2D eigenvalue weighted by Crippen LogP contribution is -2.08. The summed E-state index contributed by atoms with van der Waals surface area (Å²) in [6.45, 7) is 1.78. The molecule has 2 aromatic carbocycles. The lowest BCUT2D eigenvalue weighted by atomic mass is 9.97. The topological polar surface area (TPSA) is 115 Å². The number of nitro groups is 1. The number of ketones is 1. The zero-order valence-corrected chi connectivity index (χ0v) is 14.3. The van der Waals surface area contributed by atoms with Crippen molar-refractivity contribution >= 4 is 17.4 Å². The highest BCUT2D eigenvalue weighted by molar-refractivity contribution is 6.14. The molecule has 8 nitrogen and oxygen atoms in total. The molecule has 3 rings (SSSR count). The van der Waals surface area contributed by atoms with Gasteiger partial charge in [-0.3, -0.25) is 20.0 Å². The standard InChI is InChI=1S/C19H15N3O5/c1-2-27-19(24)17-15(13-9-6-10-14(11-13)22(25)26)16(20-21-17)18(23)12-7-4-3-5-8-12/h3-11H,2H2,1H3,(H,20,21). The molecule has 0 saturated carbocycles. The van der Waals surface area contributed by atoms with Crippen LogP contribution in [0.25, 0.3) is 11.1 Å². The minimum absolute atomic E-state index is 0.00949. The van der Waals surface area contributed by atoms with Gasteiger partial charge in [-0.2, -0.15) is 5.10 Å². The number of esters is 1. The minimum atomic E-state index is -0.696. The number of non-ortho nitro benzene ring substituents is 1. The fourth-order valence-electron chi connectivity index (χ4n) is 2.64. The summed E-state index contributed by atoms with van der Waals surface area (Å²) in [5, 5.41) is 17.7. The smallest absolute Gasteiger partial charge is 0.357 e. The first-order chi connectivity index (χ1) is 13.0. The van der Waals surface area contributed by atoms with Crippen LogP contribution in [-0.2, 0) is 4.74 Å². The highest BCUT2D eigenvalue weighted by Gasteiger charge is 2.27. The van der Waals surface area contributed by atoms with E-state index in [1.807, 2.05) is 0 Å². The van der Waals surface area contributed by atoms with Gasteiger partial charge in [0.2, 0.25) is 5.78 Å². The average Bonchev–Trinajstić information content (AvgIpc) is 3.13.